The van der Waals surface area contributed by atoms with Crippen LogP contribution in [0, 0.1) is 0 Å². The van der Waals surface area contributed by atoms with E-state index in [4.69, 9.17) is 10.8 Å². The van der Waals surface area contributed by atoms with Crippen molar-refractivity contribution in [2.45, 2.75) is 87.8 Å². The van der Waals surface area contributed by atoms with Gasteiger partial charge in [-0.15, -0.1) is 0 Å². The second-order valence-electron chi connectivity index (χ2n) is 5.31. The zero-order valence-corrected chi connectivity index (χ0v) is 15.3. The maximum absolute atomic E-state index is 9.57. The van der Waals surface area contributed by atoms with Crippen molar-refractivity contribution in [3.8, 4) is 0 Å². The van der Waals surface area contributed by atoms with Crippen molar-refractivity contribution in [3.05, 3.63) is 0 Å². The van der Waals surface area contributed by atoms with Gasteiger partial charge in [0.05, 0.1) is 0 Å². The van der Waals surface area contributed by atoms with Gasteiger partial charge in [-0.05, 0) is 6.92 Å². The molecule has 3 N–H and O–H groups in total. The third-order valence-electron chi connectivity index (χ3n) is 3.10. The summed E-state index contributed by atoms with van der Waals surface area (Å²) in [5.74, 6) is -0.963. The van der Waals surface area contributed by atoms with Gasteiger partial charge in [0.25, 0.3) is 0 Å². The molecular formula is C15H32NNaO2. The Balaban J connectivity index is 0. The van der Waals surface area contributed by atoms with Crippen LogP contribution in [0.3, 0.4) is 0 Å². The van der Waals surface area contributed by atoms with Crippen molar-refractivity contribution >= 4 is 33.9 Å². The number of hydrogen-bond acceptors (Lipinski definition) is 2. The fourth-order valence-corrected chi connectivity index (χ4v) is 2.24. The molecule has 0 saturated carbocycles. The second kappa shape index (κ2) is 18.4. The van der Waals surface area contributed by atoms with Crippen molar-refractivity contribution < 1.29 is 9.90 Å². The van der Waals surface area contributed by atoms with Gasteiger partial charge in [-0.25, -0.2) is 0 Å². The van der Waals surface area contributed by atoms with Gasteiger partial charge in [-0.1, -0.05) is 0 Å². The molecule has 0 bridgehead atoms. The third-order valence-corrected chi connectivity index (χ3v) is 3.80. The summed E-state index contributed by atoms with van der Waals surface area (Å²) < 4.78 is 1.51. The molecule has 0 aliphatic carbocycles. The van der Waals surface area contributed by atoms with Gasteiger partial charge >= 0.3 is 109 Å². The van der Waals surface area contributed by atoms with Gasteiger partial charge in [-0.3, -0.25) is 4.79 Å². The summed E-state index contributed by atoms with van der Waals surface area (Å²) in [6.45, 7) is 3.70. The normalized spacial score (nSPS) is 11.6. The Morgan fingerprint density at radius 2 is 1.32 bits per heavy atom. The molecule has 0 aromatic carbocycles. The first-order chi connectivity index (χ1) is 9.06. The van der Waals surface area contributed by atoms with Gasteiger partial charge in [0.1, 0.15) is 6.04 Å². The zero-order valence-electron chi connectivity index (χ0n) is 13.3. The van der Waals surface area contributed by atoms with E-state index in [9.17, 15) is 4.79 Å². The summed E-state index contributed by atoms with van der Waals surface area (Å²) >= 11 is 1.41. The average molecular weight is 281 g/mol. The van der Waals surface area contributed by atoms with Gasteiger partial charge in [0.15, 0.2) is 0 Å². The van der Waals surface area contributed by atoms with Gasteiger partial charge in [0.2, 0.25) is 0 Å². The number of carboxylic acid groups (broad SMARTS) is 1. The molecule has 0 radical (unpaired) electrons. The maximum atomic E-state index is 9.57. The predicted molar refractivity (Wildman–Crippen MR) is 83.7 cm³/mol. The topological polar surface area (TPSA) is 63.3 Å². The summed E-state index contributed by atoms with van der Waals surface area (Å²) in [6, 6.07) is -0.731. The molecule has 0 saturated heterocycles. The Hall–Kier alpha value is 0.430. The van der Waals surface area contributed by atoms with Crippen LogP contribution in [0.5, 0.6) is 0 Å². The Kier molecular flexibility index (Phi) is 21.1. The summed E-state index contributed by atoms with van der Waals surface area (Å²) in [5.41, 5.74) is 4.84. The molecule has 0 amide bonds. The molecule has 1 unspecified atom stereocenters. The van der Waals surface area contributed by atoms with E-state index >= 15 is 0 Å². The number of carbonyl (C=O) groups is 1. The minimum atomic E-state index is -0.963. The first kappa shape index (κ1) is 21.7. The molecule has 0 rings (SSSR count). The SMILES string of the molecule is CC(N)C(=O)O.CCCCCCCCCCC[CH2][Na]. The van der Waals surface area contributed by atoms with E-state index in [2.05, 4.69) is 6.92 Å². The molecule has 3 nitrogen and oxygen atoms in total. The molecule has 1 atom stereocenters. The van der Waals surface area contributed by atoms with E-state index in [1.165, 1.54) is 103 Å². The zero-order chi connectivity index (χ0) is 14.9. The molecule has 0 aliphatic rings. The summed E-state index contributed by atoms with van der Waals surface area (Å²) in [7, 11) is 0. The molecule has 0 heterocycles. The van der Waals surface area contributed by atoms with Crippen molar-refractivity contribution in [2.24, 2.45) is 5.73 Å². The van der Waals surface area contributed by atoms with Gasteiger partial charge < -0.3 is 10.8 Å². The van der Waals surface area contributed by atoms with Crippen LogP contribution < -0.4 is 5.73 Å². The Morgan fingerprint density at radius 3 is 1.58 bits per heavy atom. The third kappa shape index (κ3) is 23.9. The van der Waals surface area contributed by atoms with Crippen LogP contribution in [0.15, 0.2) is 0 Å². The van der Waals surface area contributed by atoms with E-state index in [0.29, 0.717) is 0 Å². The van der Waals surface area contributed by atoms with E-state index < -0.39 is 12.0 Å². The molecule has 0 aromatic heterocycles. The number of hydrogen-bond donors (Lipinski definition) is 2. The fraction of sp³-hybridized carbons (Fsp3) is 0.933. The van der Waals surface area contributed by atoms with Crippen molar-refractivity contribution in [1.82, 2.24) is 0 Å². The Labute approximate surface area is 137 Å². The molecule has 0 aliphatic heterocycles. The molecule has 4 heteroatoms. The van der Waals surface area contributed by atoms with Crippen LogP contribution >= 0.6 is 0 Å². The summed E-state index contributed by atoms with van der Waals surface area (Å²) in [6.07, 6.45) is 14.7. The first-order valence-corrected chi connectivity index (χ1v) is 9.46. The fourth-order valence-electron chi connectivity index (χ4n) is 1.74. The van der Waals surface area contributed by atoms with Gasteiger partial charge in [0, 0.05) is 0 Å². The van der Waals surface area contributed by atoms with E-state index in [1.807, 2.05) is 0 Å². The standard InChI is InChI=1S/C12H25.C3H7NO2.Na/c1-3-5-7-9-11-12-10-8-6-4-2;1-2(4)3(5)6;/h1,3-12H2,2H3;2H,4H2,1H3,(H,5,6);. The molecule has 110 valence electrons. The number of aliphatic carboxylic acids is 1. The average Bonchev–Trinajstić information content (AvgIpc) is 2.37. The molecule has 19 heavy (non-hydrogen) atoms. The number of nitrogens with two attached hydrogens (primary N) is 1. The minimum absolute atomic E-state index is 0.731. The van der Waals surface area contributed by atoms with E-state index in [-0.39, 0.29) is 0 Å². The van der Waals surface area contributed by atoms with Crippen molar-refractivity contribution in [1.29, 1.82) is 0 Å². The van der Waals surface area contributed by atoms with Crippen LogP contribution in [-0.4, -0.2) is 45.0 Å². The molecule has 0 spiro atoms. The van der Waals surface area contributed by atoms with Crippen LogP contribution in [0.1, 0.15) is 78.1 Å². The van der Waals surface area contributed by atoms with Crippen molar-refractivity contribution in [3.63, 3.8) is 0 Å². The molecular weight excluding hydrogens is 249 g/mol. The van der Waals surface area contributed by atoms with Crippen LogP contribution in [0.25, 0.3) is 0 Å². The van der Waals surface area contributed by atoms with Crippen LogP contribution in [0.4, 0.5) is 0 Å². The number of carboxylic acids is 1. The summed E-state index contributed by atoms with van der Waals surface area (Å²) in [4.78, 5) is 9.57. The number of unbranched alkanes of at least 4 members (excludes halogenated alkanes) is 9. The predicted octanol–water partition coefficient (Wildman–Crippen LogP) is 3.91. The van der Waals surface area contributed by atoms with E-state index in [1.54, 1.807) is 0 Å². The van der Waals surface area contributed by atoms with Crippen LogP contribution in [0.2, 0.25) is 3.67 Å². The molecule has 0 aromatic rings. The quantitative estimate of drug-likeness (QED) is 0.446. The van der Waals surface area contributed by atoms with E-state index in [0.717, 1.165) is 0 Å². The Morgan fingerprint density at radius 1 is 1.00 bits per heavy atom. The van der Waals surface area contributed by atoms with Gasteiger partial charge in [-0.2, -0.15) is 0 Å². The van der Waals surface area contributed by atoms with Crippen LogP contribution in [-0.2, 0) is 4.79 Å². The second-order valence-corrected chi connectivity index (χ2v) is 6.31. The summed E-state index contributed by atoms with van der Waals surface area (Å²) in [5, 5.41) is 7.87. The van der Waals surface area contributed by atoms with Crippen molar-refractivity contribution in [2.75, 3.05) is 0 Å². The first-order valence-electron chi connectivity index (χ1n) is 8.04. The molecule has 0 fully saturated rings. The number of rotatable bonds is 11. The monoisotopic (exact) mass is 281 g/mol. The Bertz CT molecular complexity index is 177.